The van der Waals surface area contributed by atoms with Gasteiger partial charge in [0, 0.05) is 12.2 Å². The Morgan fingerprint density at radius 1 is 1.47 bits per heavy atom. The van der Waals surface area contributed by atoms with E-state index in [1.807, 2.05) is 0 Å². The van der Waals surface area contributed by atoms with E-state index >= 15 is 0 Å². The highest BCUT2D eigenvalue weighted by Gasteiger charge is 2.14. The van der Waals surface area contributed by atoms with Crippen molar-refractivity contribution in [3.8, 4) is 0 Å². The number of aromatic nitrogens is 1. The first-order chi connectivity index (χ1) is 7.78. The Kier molecular flexibility index (Phi) is 3.67. The molecule has 17 heavy (non-hydrogen) atoms. The highest BCUT2D eigenvalue weighted by Crippen LogP contribution is 2.09. The van der Waals surface area contributed by atoms with Gasteiger partial charge in [-0.2, -0.15) is 0 Å². The van der Waals surface area contributed by atoms with Crippen LogP contribution in [0.25, 0.3) is 6.08 Å². The highest BCUT2D eigenvalue weighted by molar-refractivity contribution is 5.87. The number of hydrogen-bond donors (Lipinski definition) is 1. The maximum Gasteiger partial charge on any atom is 0.357 e. The number of carbonyl (C=O) groups excluding carboxylic acids is 1. The SMILES string of the molecule is CC(C)(C)OC(=O)/C=C/c1nc(C(=O)O)co1. The van der Waals surface area contributed by atoms with Crippen LogP contribution in [0.1, 0.15) is 37.2 Å². The topological polar surface area (TPSA) is 89.6 Å². The number of rotatable bonds is 3. The van der Waals surface area contributed by atoms with E-state index < -0.39 is 17.5 Å². The summed E-state index contributed by atoms with van der Waals surface area (Å²) in [5.41, 5.74) is -0.793. The predicted octanol–water partition coefficient (Wildman–Crippen LogP) is 1.73. The minimum absolute atomic E-state index is 0.0354. The molecule has 0 radical (unpaired) electrons. The maximum absolute atomic E-state index is 11.3. The first kappa shape index (κ1) is 13.0. The minimum atomic E-state index is -1.19. The molecule has 1 aromatic heterocycles. The first-order valence-electron chi connectivity index (χ1n) is 4.88. The average molecular weight is 239 g/mol. The van der Waals surface area contributed by atoms with E-state index in [1.165, 1.54) is 6.08 Å². The lowest BCUT2D eigenvalue weighted by atomic mass is 10.2. The van der Waals surface area contributed by atoms with E-state index in [4.69, 9.17) is 14.3 Å². The molecule has 0 aliphatic carbocycles. The van der Waals surface area contributed by atoms with Gasteiger partial charge < -0.3 is 14.3 Å². The summed E-state index contributed by atoms with van der Waals surface area (Å²) in [5, 5.41) is 8.59. The fourth-order valence-electron chi connectivity index (χ4n) is 0.938. The lowest BCUT2D eigenvalue weighted by molar-refractivity contribution is -0.148. The van der Waals surface area contributed by atoms with Crippen molar-refractivity contribution in [3.05, 3.63) is 23.9 Å². The summed E-state index contributed by atoms with van der Waals surface area (Å²) in [6, 6.07) is 0. The first-order valence-corrected chi connectivity index (χ1v) is 4.88. The van der Waals surface area contributed by atoms with Crippen LogP contribution in [0.5, 0.6) is 0 Å². The third-order valence-corrected chi connectivity index (χ3v) is 1.51. The normalized spacial score (nSPS) is 11.7. The molecule has 1 rings (SSSR count). The summed E-state index contributed by atoms with van der Waals surface area (Å²) in [5.74, 6) is -1.70. The molecule has 1 heterocycles. The molecule has 0 saturated heterocycles. The summed E-state index contributed by atoms with van der Waals surface area (Å²) in [7, 11) is 0. The summed E-state index contributed by atoms with van der Waals surface area (Å²) in [4.78, 5) is 25.4. The molecule has 1 aromatic rings. The number of hydrogen-bond acceptors (Lipinski definition) is 5. The second-order valence-electron chi connectivity index (χ2n) is 4.24. The number of carboxylic acids is 1. The quantitative estimate of drug-likeness (QED) is 0.638. The number of carboxylic acid groups (broad SMARTS) is 1. The Morgan fingerprint density at radius 2 is 2.12 bits per heavy atom. The zero-order chi connectivity index (χ0) is 13.1. The van der Waals surface area contributed by atoms with Gasteiger partial charge in [-0.25, -0.2) is 14.6 Å². The van der Waals surface area contributed by atoms with Gasteiger partial charge in [0.2, 0.25) is 5.89 Å². The average Bonchev–Trinajstić information content (AvgIpc) is 2.60. The summed E-state index contributed by atoms with van der Waals surface area (Å²) in [6.07, 6.45) is 3.38. The standard InChI is InChI=1S/C11H13NO5/c1-11(2,3)17-9(13)5-4-8-12-7(6-16-8)10(14)15/h4-6H,1-3H3,(H,14,15)/b5-4+. The zero-order valence-electron chi connectivity index (χ0n) is 9.76. The van der Waals surface area contributed by atoms with Gasteiger partial charge in [0.25, 0.3) is 0 Å². The zero-order valence-corrected chi connectivity index (χ0v) is 9.76. The Morgan fingerprint density at radius 3 is 2.59 bits per heavy atom. The van der Waals surface area contributed by atoms with Crippen molar-refractivity contribution in [1.29, 1.82) is 0 Å². The van der Waals surface area contributed by atoms with Gasteiger partial charge in [-0.1, -0.05) is 0 Å². The van der Waals surface area contributed by atoms with Crippen molar-refractivity contribution in [2.24, 2.45) is 0 Å². The lowest BCUT2D eigenvalue weighted by Gasteiger charge is -2.17. The van der Waals surface area contributed by atoms with Crippen molar-refractivity contribution in [2.45, 2.75) is 26.4 Å². The van der Waals surface area contributed by atoms with Gasteiger partial charge in [0.15, 0.2) is 5.69 Å². The van der Waals surface area contributed by atoms with Crippen molar-refractivity contribution >= 4 is 18.0 Å². The number of oxazole rings is 1. The van der Waals surface area contributed by atoms with Crippen LogP contribution in [0.2, 0.25) is 0 Å². The molecule has 1 N–H and O–H groups in total. The number of ether oxygens (including phenoxy) is 1. The number of aromatic carboxylic acids is 1. The van der Waals surface area contributed by atoms with Gasteiger partial charge in [-0.3, -0.25) is 0 Å². The molecule has 6 nitrogen and oxygen atoms in total. The molecule has 0 unspecified atom stereocenters. The number of carbonyl (C=O) groups is 2. The Bertz CT molecular complexity index is 453. The molecule has 6 heteroatoms. The predicted molar refractivity (Wildman–Crippen MR) is 58.3 cm³/mol. The van der Waals surface area contributed by atoms with E-state index in [1.54, 1.807) is 20.8 Å². The molecule has 0 aliphatic heterocycles. The smallest absolute Gasteiger partial charge is 0.357 e. The van der Waals surface area contributed by atoms with Crippen molar-refractivity contribution in [1.82, 2.24) is 4.98 Å². The Hall–Kier alpha value is -2.11. The Labute approximate surface area is 97.9 Å². The minimum Gasteiger partial charge on any atom is -0.476 e. The fourth-order valence-corrected chi connectivity index (χ4v) is 0.938. The van der Waals surface area contributed by atoms with E-state index in [9.17, 15) is 9.59 Å². The molecular weight excluding hydrogens is 226 g/mol. The van der Waals surface area contributed by atoms with Crippen LogP contribution < -0.4 is 0 Å². The second kappa shape index (κ2) is 4.82. The second-order valence-corrected chi connectivity index (χ2v) is 4.24. The molecular formula is C11H13NO5. The number of esters is 1. The van der Waals surface area contributed by atoms with Gasteiger partial charge in [-0.15, -0.1) is 0 Å². The molecule has 0 atom stereocenters. The van der Waals surface area contributed by atoms with Crippen molar-refractivity contribution in [3.63, 3.8) is 0 Å². The molecule has 92 valence electrons. The summed E-state index contributed by atoms with van der Waals surface area (Å²) < 4.78 is 9.82. The van der Waals surface area contributed by atoms with Crippen molar-refractivity contribution < 1.29 is 23.8 Å². The van der Waals surface area contributed by atoms with Crippen molar-refractivity contribution in [2.75, 3.05) is 0 Å². The van der Waals surface area contributed by atoms with E-state index in [0.717, 1.165) is 12.3 Å². The van der Waals surface area contributed by atoms with E-state index in [2.05, 4.69) is 4.98 Å². The summed E-state index contributed by atoms with van der Waals surface area (Å²) >= 11 is 0. The van der Waals surface area contributed by atoms with E-state index in [0.29, 0.717) is 0 Å². The lowest BCUT2D eigenvalue weighted by Crippen LogP contribution is -2.22. The fraction of sp³-hybridized carbons (Fsp3) is 0.364. The van der Waals surface area contributed by atoms with E-state index in [-0.39, 0.29) is 11.6 Å². The van der Waals surface area contributed by atoms with Gasteiger partial charge in [-0.05, 0) is 20.8 Å². The van der Waals surface area contributed by atoms with Gasteiger partial charge in [0.1, 0.15) is 11.9 Å². The molecule has 0 aliphatic rings. The van der Waals surface area contributed by atoms with Gasteiger partial charge in [0.05, 0.1) is 0 Å². The maximum atomic E-state index is 11.3. The van der Waals surface area contributed by atoms with Crippen LogP contribution in [0, 0.1) is 0 Å². The summed E-state index contributed by atoms with van der Waals surface area (Å²) in [6.45, 7) is 5.23. The molecule has 0 spiro atoms. The van der Waals surface area contributed by atoms with Crippen LogP contribution in [0.3, 0.4) is 0 Å². The molecule has 0 aromatic carbocycles. The largest absolute Gasteiger partial charge is 0.476 e. The molecule has 0 amide bonds. The number of nitrogens with zero attached hydrogens (tertiary/aromatic N) is 1. The monoisotopic (exact) mass is 239 g/mol. The third kappa shape index (κ3) is 4.50. The van der Waals surface area contributed by atoms with Crippen LogP contribution in [0.15, 0.2) is 16.8 Å². The third-order valence-electron chi connectivity index (χ3n) is 1.51. The van der Waals surface area contributed by atoms with Crippen LogP contribution in [-0.4, -0.2) is 27.6 Å². The van der Waals surface area contributed by atoms with Gasteiger partial charge >= 0.3 is 11.9 Å². The van der Waals surface area contributed by atoms with Crippen LogP contribution in [0.4, 0.5) is 0 Å². The van der Waals surface area contributed by atoms with Crippen LogP contribution >= 0.6 is 0 Å². The Balaban J connectivity index is 2.64. The van der Waals surface area contributed by atoms with Crippen LogP contribution in [-0.2, 0) is 9.53 Å². The highest BCUT2D eigenvalue weighted by atomic mass is 16.6. The molecule has 0 saturated carbocycles. The molecule has 0 fully saturated rings. The molecule has 0 bridgehead atoms.